The fourth-order valence-electron chi connectivity index (χ4n) is 7.55. The summed E-state index contributed by atoms with van der Waals surface area (Å²) in [5, 5.41) is 7.06. The van der Waals surface area contributed by atoms with Crippen LogP contribution in [-0.4, -0.2) is 15.0 Å². The molecule has 5 aromatic carbocycles. The Bertz CT molecular complexity index is 2700. The molecule has 0 N–H and O–H groups in total. The van der Waals surface area contributed by atoms with Crippen molar-refractivity contribution in [1.29, 1.82) is 0 Å². The third-order valence-electron chi connectivity index (χ3n) is 10.1. The minimum atomic E-state index is 0.405. The average Bonchev–Trinajstić information content (AvgIpc) is 3.56. The van der Waals surface area contributed by atoms with Crippen molar-refractivity contribution < 1.29 is 4.42 Å². The first-order chi connectivity index (χ1) is 24.2. The molecule has 2 heterocycles. The van der Waals surface area contributed by atoms with Crippen LogP contribution in [0, 0.1) is 5.92 Å². The number of benzene rings is 5. The van der Waals surface area contributed by atoms with Crippen LogP contribution in [0.3, 0.4) is 0 Å². The molecule has 232 valence electrons. The molecule has 0 aliphatic heterocycles. The van der Waals surface area contributed by atoms with E-state index in [1.807, 2.05) is 12.1 Å². The van der Waals surface area contributed by atoms with Gasteiger partial charge in [0.25, 0.3) is 0 Å². The van der Waals surface area contributed by atoms with Crippen LogP contribution in [0.4, 0.5) is 0 Å². The summed E-state index contributed by atoms with van der Waals surface area (Å²) < 4.78 is 6.46. The quantitative estimate of drug-likeness (QED) is 0.182. The van der Waals surface area contributed by atoms with E-state index in [9.17, 15) is 0 Å². The Morgan fingerprint density at radius 2 is 1.47 bits per heavy atom. The normalized spacial score (nSPS) is 17.1. The van der Waals surface area contributed by atoms with E-state index in [0.29, 0.717) is 17.6 Å². The van der Waals surface area contributed by atoms with Crippen LogP contribution in [0.5, 0.6) is 0 Å². The molecule has 0 amide bonds. The Morgan fingerprint density at radius 1 is 0.653 bits per heavy atom. The summed E-state index contributed by atoms with van der Waals surface area (Å²) in [5.41, 5.74) is 8.37. The summed E-state index contributed by atoms with van der Waals surface area (Å²) in [7, 11) is 0. The number of hydrogen-bond acceptors (Lipinski definition) is 4. The highest BCUT2D eigenvalue weighted by Crippen LogP contribution is 2.40. The van der Waals surface area contributed by atoms with Crippen LogP contribution in [-0.2, 0) is 0 Å². The monoisotopic (exact) mass is 629 g/mol. The zero-order valence-corrected chi connectivity index (χ0v) is 26.8. The first kappa shape index (κ1) is 27.9. The maximum absolute atomic E-state index is 6.46. The average molecular weight is 630 g/mol. The first-order valence-electron chi connectivity index (χ1n) is 17.0. The lowest BCUT2D eigenvalue weighted by molar-refractivity contribution is 0.669. The summed E-state index contributed by atoms with van der Waals surface area (Å²) in [4.78, 5) is 15.4. The third-order valence-corrected chi connectivity index (χ3v) is 10.1. The van der Waals surface area contributed by atoms with Crippen molar-refractivity contribution in [1.82, 2.24) is 15.0 Å². The number of nitrogens with zero attached hydrogens (tertiary/aromatic N) is 3. The number of fused-ring (bicyclic) bond motifs is 7. The molecule has 0 bridgehead atoms. The molecule has 7 aromatic rings. The fraction of sp³-hybridized carbons (Fsp3) is 0.0889. The lowest BCUT2D eigenvalue weighted by Gasteiger charge is -2.21. The molecule has 2 aromatic heterocycles. The van der Waals surface area contributed by atoms with Crippen molar-refractivity contribution in [3.8, 4) is 22.5 Å². The molecular weight excluding hydrogens is 599 g/mol. The Labute approximate surface area is 283 Å². The summed E-state index contributed by atoms with van der Waals surface area (Å²) in [6, 6.07) is 32.4. The number of allylic oxidation sites excluding steroid dienone is 12. The molecule has 4 nitrogen and oxygen atoms in total. The van der Waals surface area contributed by atoms with Crippen LogP contribution in [0.15, 0.2) is 156 Å². The zero-order chi connectivity index (χ0) is 32.3. The number of hydrogen-bond donors (Lipinski definition) is 0. The van der Waals surface area contributed by atoms with Gasteiger partial charge in [0, 0.05) is 27.8 Å². The van der Waals surface area contributed by atoms with E-state index in [2.05, 4.69) is 134 Å². The van der Waals surface area contributed by atoms with Gasteiger partial charge in [0.05, 0.1) is 0 Å². The van der Waals surface area contributed by atoms with Gasteiger partial charge in [-0.3, -0.25) is 0 Å². The van der Waals surface area contributed by atoms with Crippen LogP contribution >= 0.6 is 0 Å². The lowest BCUT2D eigenvalue weighted by Crippen LogP contribution is -2.09. The molecule has 3 aliphatic carbocycles. The Kier molecular flexibility index (Phi) is 6.41. The van der Waals surface area contributed by atoms with Gasteiger partial charge in [-0.25, -0.2) is 15.0 Å². The van der Waals surface area contributed by atoms with Crippen molar-refractivity contribution in [3.63, 3.8) is 0 Å². The van der Waals surface area contributed by atoms with Crippen molar-refractivity contribution in [3.05, 3.63) is 163 Å². The molecule has 3 aliphatic rings. The number of aromatic nitrogens is 3. The van der Waals surface area contributed by atoms with Crippen LogP contribution in [0.1, 0.15) is 30.9 Å². The minimum absolute atomic E-state index is 0.405. The third kappa shape index (κ3) is 4.79. The van der Waals surface area contributed by atoms with Crippen molar-refractivity contribution >= 4 is 54.6 Å². The summed E-state index contributed by atoms with van der Waals surface area (Å²) in [6.45, 7) is 0. The smallest absolute Gasteiger partial charge is 0.164 e. The molecule has 1 unspecified atom stereocenters. The second-order valence-corrected chi connectivity index (χ2v) is 13.1. The van der Waals surface area contributed by atoms with Gasteiger partial charge < -0.3 is 4.42 Å². The predicted octanol–water partition coefficient (Wildman–Crippen LogP) is 11.6. The van der Waals surface area contributed by atoms with Crippen molar-refractivity contribution in [2.75, 3.05) is 0 Å². The molecule has 1 atom stereocenters. The molecule has 10 rings (SSSR count). The Balaban J connectivity index is 1.15. The SMILES string of the molecule is C1=CCCC(c2nc(C3=CCC4C=CC=CC4=C3)nc(-c3cccc4oc5ccc(-c6ccc7ccc8ccccc8c7c6)cc5c34)n2)=C1. The van der Waals surface area contributed by atoms with E-state index >= 15 is 0 Å². The lowest BCUT2D eigenvalue weighted by atomic mass is 9.85. The zero-order valence-electron chi connectivity index (χ0n) is 26.8. The summed E-state index contributed by atoms with van der Waals surface area (Å²) >= 11 is 0. The fourth-order valence-corrected chi connectivity index (χ4v) is 7.55. The van der Waals surface area contributed by atoms with Crippen LogP contribution < -0.4 is 0 Å². The molecular formula is C45H31N3O. The summed E-state index contributed by atoms with van der Waals surface area (Å²) in [6.07, 6.45) is 22.4. The Hall–Kier alpha value is -6.13. The molecule has 0 saturated carbocycles. The van der Waals surface area contributed by atoms with Crippen LogP contribution in [0.2, 0.25) is 0 Å². The molecule has 0 radical (unpaired) electrons. The van der Waals surface area contributed by atoms with Gasteiger partial charge in [-0.1, -0.05) is 115 Å². The maximum Gasteiger partial charge on any atom is 0.164 e. The van der Waals surface area contributed by atoms with Gasteiger partial charge in [-0.15, -0.1) is 0 Å². The van der Waals surface area contributed by atoms with Gasteiger partial charge in [-0.2, -0.15) is 0 Å². The molecule has 4 heteroatoms. The second kappa shape index (κ2) is 11.2. The number of rotatable bonds is 4. The second-order valence-electron chi connectivity index (χ2n) is 13.1. The molecule has 0 spiro atoms. The van der Waals surface area contributed by atoms with E-state index in [4.69, 9.17) is 19.4 Å². The van der Waals surface area contributed by atoms with E-state index < -0.39 is 0 Å². The summed E-state index contributed by atoms with van der Waals surface area (Å²) in [5.74, 6) is 2.51. The van der Waals surface area contributed by atoms with E-state index in [0.717, 1.165) is 69.3 Å². The van der Waals surface area contributed by atoms with Gasteiger partial charge in [0.2, 0.25) is 0 Å². The highest BCUT2D eigenvalue weighted by Gasteiger charge is 2.22. The van der Waals surface area contributed by atoms with Crippen molar-refractivity contribution in [2.45, 2.75) is 19.3 Å². The molecule has 49 heavy (non-hydrogen) atoms. The maximum atomic E-state index is 6.46. The topological polar surface area (TPSA) is 51.8 Å². The predicted molar refractivity (Wildman–Crippen MR) is 202 cm³/mol. The standard InChI is InChI=1S/C45H31N3O/c1-2-11-31(12-3-1)43-46-44(35-22-17-28-9-4-5-13-32(28)25-35)48-45(47-43)37-15-8-16-41-42(37)39-27-34(23-24-40(39)49-41)33-21-20-30-19-18-29-10-6-7-14-36(29)38(30)26-33/h1-2,4-11,13-16,18-28H,3,12,17H2. The highest BCUT2D eigenvalue weighted by molar-refractivity contribution is 6.13. The number of furan rings is 1. The minimum Gasteiger partial charge on any atom is -0.456 e. The largest absolute Gasteiger partial charge is 0.456 e. The van der Waals surface area contributed by atoms with Gasteiger partial charge in [-0.05, 0) is 93.4 Å². The van der Waals surface area contributed by atoms with Crippen molar-refractivity contribution in [2.24, 2.45) is 5.92 Å². The highest BCUT2D eigenvalue weighted by atomic mass is 16.3. The van der Waals surface area contributed by atoms with E-state index in [1.54, 1.807) is 0 Å². The molecule has 0 fully saturated rings. The van der Waals surface area contributed by atoms with E-state index in [-0.39, 0.29) is 0 Å². The Morgan fingerprint density at radius 3 is 2.39 bits per heavy atom. The molecule has 0 saturated heterocycles. The first-order valence-corrected chi connectivity index (χ1v) is 17.0. The van der Waals surface area contributed by atoms with Crippen LogP contribution in [0.25, 0.3) is 77.1 Å². The van der Waals surface area contributed by atoms with E-state index in [1.165, 1.54) is 32.7 Å². The van der Waals surface area contributed by atoms with Gasteiger partial charge >= 0.3 is 0 Å². The van der Waals surface area contributed by atoms with Gasteiger partial charge in [0.1, 0.15) is 11.2 Å². The van der Waals surface area contributed by atoms with Gasteiger partial charge in [0.15, 0.2) is 17.5 Å².